The normalized spacial score (nSPS) is 16.5. The van der Waals surface area contributed by atoms with Gasteiger partial charge in [0.05, 0.1) is 0 Å². The molecule has 5 nitrogen and oxygen atoms in total. The van der Waals surface area contributed by atoms with Crippen molar-refractivity contribution in [2.75, 3.05) is 0 Å². The highest BCUT2D eigenvalue weighted by Gasteiger charge is 2.65. The Morgan fingerprint density at radius 1 is 0.130 bits per heavy atom. The first kappa shape index (κ1) is 83.3. The van der Waals surface area contributed by atoms with Crippen molar-refractivity contribution in [3.8, 4) is 0 Å². The van der Waals surface area contributed by atoms with Gasteiger partial charge in [-0.3, -0.25) is 24.0 Å². The maximum Gasteiger partial charge on any atom is 0.300 e. The molecule has 19 heteroatoms. The van der Waals surface area contributed by atoms with Crippen LogP contribution in [0.3, 0.4) is 0 Å². The van der Waals surface area contributed by atoms with Crippen LogP contribution in [0.5, 0.6) is 0 Å². The fourth-order valence-electron chi connectivity index (χ4n) is 20.7. The number of benzene rings is 11. The van der Waals surface area contributed by atoms with Crippen molar-refractivity contribution in [3.63, 3.8) is 0 Å². The van der Waals surface area contributed by atoms with Crippen molar-refractivity contribution in [2.45, 2.75) is 249 Å². The van der Waals surface area contributed by atoms with Crippen LogP contribution in [0.4, 0.5) is 61.5 Å². The number of aryl methyl sites for hydroxylation is 6. The molecule has 0 atom stereocenters. The van der Waals surface area contributed by atoms with Gasteiger partial charge in [0.2, 0.25) is 0 Å². The molecule has 0 radical (unpaired) electrons. The van der Waals surface area contributed by atoms with Crippen molar-refractivity contribution in [1.82, 2.24) is 0 Å². The van der Waals surface area contributed by atoms with E-state index < -0.39 is 153 Å². The fourth-order valence-corrected chi connectivity index (χ4v) is 20.7. The van der Waals surface area contributed by atoms with Gasteiger partial charge in [-0.15, -0.1) is 0 Å². The lowest BCUT2D eigenvalue weighted by molar-refractivity contribution is -0.0251. The zero-order valence-corrected chi connectivity index (χ0v) is 70.3. The van der Waals surface area contributed by atoms with E-state index in [1.54, 1.807) is 48.5 Å². The number of rotatable bonds is 0. The summed E-state index contributed by atoms with van der Waals surface area (Å²) in [7, 11) is 0. The monoisotopic (exact) mass is 1590 g/mol. The minimum absolute atomic E-state index is 0.00366. The van der Waals surface area contributed by atoms with E-state index >= 15 is 61.5 Å². The highest BCUT2D eigenvalue weighted by atomic mass is 19.3. The summed E-state index contributed by atoms with van der Waals surface area (Å²) in [4.78, 5) is 70.2. The summed E-state index contributed by atoms with van der Waals surface area (Å²) in [6.07, 6.45) is 0. The second kappa shape index (κ2) is 25.4. The maximum absolute atomic E-state index is 16.5. The van der Waals surface area contributed by atoms with Crippen LogP contribution in [0.1, 0.15) is 261 Å². The second-order valence-electron chi connectivity index (χ2n) is 33.4. The van der Waals surface area contributed by atoms with Crippen molar-refractivity contribution < 1.29 is 66.3 Å². The topological polar surface area (TPSA) is 85.3 Å². The summed E-state index contributed by atoms with van der Waals surface area (Å²) in [5.41, 5.74) is -7.39. The molecule has 0 bridgehead atoms. The molecule has 0 fully saturated rings. The molecular formula is C96H90F14O5. The Balaban J connectivity index is 0.000000150. The van der Waals surface area contributed by atoms with E-state index in [4.69, 9.17) is 0 Å². The number of halogens is 14. The zero-order chi connectivity index (χ0) is 86.6. The molecule has 0 saturated carbocycles. The van der Waals surface area contributed by atoms with E-state index in [1.807, 2.05) is 55.4 Å². The van der Waals surface area contributed by atoms with E-state index in [-0.39, 0.29) is 87.8 Å². The van der Waals surface area contributed by atoms with Gasteiger partial charge in [-0.2, -0.15) is 61.5 Å². The molecule has 0 saturated heterocycles. The number of alkyl halides is 14. The Morgan fingerprint density at radius 3 is 0.461 bits per heavy atom. The van der Waals surface area contributed by atoms with Gasteiger partial charge in [0.15, 0.2) is 27.5 Å². The van der Waals surface area contributed by atoms with Crippen LogP contribution in [-0.2, 0) is 41.5 Å². The number of carbonyl (C=O) groups is 1. The van der Waals surface area contributed by atoms with E-state index in [0.717, 1.165) is 72.2 Å². The first-order valence-corrected chi connectivity index (χ1v) is 38.2. The molecule has 4 aliphatic rings. The van der Waals surface area contributed by atoms with Crippen molar-refractivity contribution in [3.05, 3.63) is 297 Å². The standard InChI is InChI=1S/C32H30F8.C32H30F6O.C32H30O4/c1-11-12(2)16(6)22-21(15(11)5)29(33,34)25-19(9)27-28(20(10)26(25)30(22,35)36)32(39,40)24-18(8)14(4)13(3)17(7)23(24)31(27,37)38;1-11-12(2)16(6)23-21(15(11)5)29(39)22-19(9)27-28(20(10)24(22)30(23,33)34)32(37,38)26-18(8)14(4)13(3)17(7)25(26)31(27,35)36;1-11-12(2)16(6)22-21(15(11)5)29(33)25-19(9)27-28(20(10)26(25)30(22)34)32(36)24-18(8)14(4)13(3)17(7)23(24)31(27)35/h1-10H3;1-10H3;1-10H3. The van der Waals surface area contributed by atoms with Gasteiger partial charge in [0.25, 0.3) is 41.5 Å². The Morgan fingerprint density at radius 2 is 0.252 bits per heavy atom. The number of hydrogen-bond acceptors (Lipinski definition) is 5. The number of ketones is 1. The van der Waals surface area contributed by atoms with Crippen molar-refractivity contribution in [2.24, 2.45) is 0 Å². The molecule has 602 valence electrons. The molecule has 0 aromatic heterocycles. The van der Waals surface area contributed by atoms with Gasteiger partial charge >= 0.3 is 0 Å². The van der Waals surface area contributed by atoms with Crippen LogP contribution >= 0.6 is 0 Å². The fraction of sp³-hybridized carbons (Fsp3) is 0.385. The number of carbonyl (C=O) groups excluding carboxylic acids is 1. The van der Waals surface area contributed by atoms with Crippen LogP contribution < -0.4 is 21.7 Å². The number of fused-ring (bicyclic) bond motifs is 12. The summed E-state index contributed by atoms with van der Waals surface area (Å²) >= 11 is 0. The van der Waals surface area contributed by atoms with Gasteiger partial charge in [-0.05, 0) is 375 Å². The molecule has 4 aliphatic carbocycles. The van der Waals surface area contributed by atoms with Crippen LogP contribution in [-0.4, -0.2) is 5.78 Å². The molecule has 0 amide bonds. The van der Waals surface area contributed by atoms with Crippen LogP contribution in [0.15, 0.2) is 19.2 Å². The average molecular weight is 1590 g/mol. The van der Waals surface area contributed by atoms with E-state index in [9.17, 15) is 24.0 Å². The minimum atomic E-state index is -4.14. The zero-order valence-electron chi connectivity index (χ0n) is 70.3. The highest BCUT2D eigenvalue weighted by Crippen LogP contribution is 2.66. The quantitative estimate of drug-likeness (QED) is 0.112. The van der Waals surface area contributed by atoms with Gasteiger partial charge in [0.1, 0.15) is 0 Å². The molecule has 0 heterocycles. The van der Waals surface area contributed by atoms with Crippen molar-refractivity contribution >= 4 is 48.9 Å². The first-order chi connectivity index (χ1) is 52.6. The summed E-state index contributed by atoms with van der Waals surface area (Å²) in [5, 5.41) is 2.73. The molecule has 0 aliphatic heterocycles. The van der Waals surface area contributed by atoms with Crippen LogP contribution in [0.2, 0.25) is 0 Å². The lowest BCUT2D eigenvalue weighted by Crippen LogP contribution is -2.42. The Bertz CT molecular complexity index is 6220. The molecule has 115 heavy (non-hydrogen) atoms. The average Bonchev–Trinajstić information content (AvgIpc) is 0.664. The van der Waals surface area contributed by atoms with Crippen LogP contribution in [0.25, 0.3) is 43.1 Å². The highest BCUT2D eigenvalue weighted by molar-refractivity contribution is 6.17. The third-order valence-electron chi connectivity index (χ3n) is 28.8. The molecule has 11 aromatic carbocycles. The van der Waals surface area contributed by atoms with Crippen molar-refractivity contribution in [1.29, 1.82) is 0 Å². The largest absolute Gasteiger partial charge is 0.300 e. The lowest BCUT2D eigenvalue weighted by Gasteiger charge is -2.44. The molecule has 15 rings (SSSR count). The molecule has 11 aromatic rings. The molecule has 0 N–H and O–H groups in total. The molecule has 0 unspecified atom stereocenters. The van der Waals surface area contributed by atoms with Gasteiger partial charge in [0, 0.05) is 132 Å². The SMILES string of the molecule is Cc1c(C)c(C)c2c(=O)c3c(C)c4c(=O)c5c(C)c(C)c(C)c(C)c5c(=O)c4c(C)c3c(=O)c2c1C.Cc1c(C)c(C)c2c(c1C)C(=O)c1c(C)c3c(c(C)c1C2(F)F)C(F)(F)c1c(C)c(C)c(C)c(C)c1C3(F)F.Cc1c(C)c(C)c2c(c1C)C(F)(F)c1c(C)c3c(c(C)c1C2(F)F)C(F)(F)c1c(C)c(C)c(C)c(C)c1C3(F)F. The molecular weight excluding hydrogens is 1500 g/mol. The molecule has 0 spiro atoms. The Labute approximate surface area is 657 Å². The van der Waals surface area contributed by atoms with E-state index in [2.05, 4.69) is 0 Å². The summed E-state index contributed by atoms with van der Waals surface area (Å²) in [6, 6.07) is 0. The predicted octanol–water partition coefficient (Wildman–Crippen LogP) is 24.7. The van der Waals surface area contributed by atoms with Gasteiger partial charge in [-0.25, -0.2) is 0 Å². The summed E-state index contributed by atoms with van der Waals surface area (Å²) in [6.45, 7) is 46.2. The van der Waals surface area contributed by atoms with Gasteiger partial charge in [-0.1, -0.05) is 0 Å². The van der Waals surface area contributed by atoms with E-state index in [1.165, 1.54) is 76.2 Å². The maximum atomic E-state index is 16.5. The minimum Gasteiger partial charge on any atom is -0.289 e. The summed E-state index contributed by atoms with van der Waals surface area (Å²) < 4.78 is 231. The number of hydrogen-bond donors (Lipinski definition) is 0. The van der Waals surface area contributed by atoms with E-state index in [0.29, 0.717) is 82.7 Å². The summed E-state index contributed by atoms with van der Waals surface area (Å²) in [5.74, 6) is -29.2. The third kappa shape index (κ3) is 10.0. The lowest BCUT2D eigenvalue weighted by atomic mass is 9.66. The Kier molecular flexibility index (Phi) is 18.4. The Hall–Kier alpha value is -9.65. The predicted molar refractivity (Wildman–Crippen MR) is 429 cm³/mol. The van der Waals surface area contributed by atoms with Gasteiger partial charge < -0.3 is 0 Å². The smallest absolute Gasteiger partial charge is 0.289 e. The third-order valence-corrected chi connectivity index (χ3v) is 28.8. The second-order valence-corrected chi connectivity index (χ2v) is 33.4. The first-order valence-electron chi connectivity index (χ1n) is 38.2. The van der Waals surface area contributed by atoms with Crippen LogP contribution in [0, 0.1) is 208 Å².